The maximum atomic E-state index is 4.56. The number of H-pyrrole nitrogens is 1. The van der Waals surface area contributed by atoms with Crippen molar-refractivity contribution >= 4 is 23.1 Å². The van der Waals surface area contributed by atoms with Gasteiger partial charge in [-0.2, -0.15) is 0 Å². The predicted octanol–water partition coefficient (Wildman–Crippen LogP) is 3.98. The Bertz CT molecular complexity index is 543. The van der Waals surface area contributed by atoms with E-state index < -0.39 is 0 Å². The van der Waals surface area contributed by atoms with Gasteiger partial charge in [0.15, 0.2) is 0 Å². The average Bonchev–Trinajstić information content (AvgIpc) is 3.16. The van der Waals surface area contributed by atoms with Crippen molar-refractivity contribution in [1.29, 1.82) is 0 Å². The number of nitrogens with zero attached hydrogens (tertiary/aromatic N) is 3. The fraction of sp³-hybridized carbons (Fsp3) is 0.643. The van der Waals surface area contributed by atoms with Crippen molar-refractivity contribution in [3.63, 3.8) is 0 Å². The van der Waals surface area contributed by atoms with Crippen LogP contribution in [0.15, 0.2) is 10.5 Å². The van der Waals surface area contributed by atoms with Crippen LogP contribution in [0.1, 0.15) is 48.6 Å². The van der Waals surface area contributed by atoms with Gasteiger partial charge in [0.1, 0.15) is 5.82 Å². The normalized spacial score (nSPS) is 16.1. The Labute approximate surface area is 127 Å². The van der Waals surface area contributed by atoms with E-state index in [9.17, 15) is 0 Å². The fourth-order valence-electron chi connectivity index (χ4n) is 2.71. The number of aromatic amines is 1. The SMILES string of the molecule is Cc1nc(CSc2n[nH]c(CCC3CCCC3)n2)cs1. The van der Waals surface area contributed by atoms with E-state index in [2.05, 4.69) is 25.5 Å². The van der Waals surface area contributed by atoms with Crippen LogP contribution in [0.2, 0.25) is 0 Å². The summed E-state index contributed by atoms with van der Waals surface area (Å²) in [6.45, 7) is 2.03. The van der Waals surface area contributed by atoms with Gasteiger partial charge in [-0.05, 0) is 19.3 Å². The predicted molar refractivity (Wildman–Crippen MR) is 83.1 cm³/mol. The molecule has 0 bridgehead atoms. The number of rotatable bonds is 6. The molecule has 1 fully saturated rings. The summed E-state index contributed by atoms with van der Waals surface area (Å²) >= 11 is 3.35. The van der Waals surface area contributed by atoms with Crippen LogP contribution < -0.4 is 0 Å². The van der Waals surface area contributed by atoms with E-state index >= 15 is 0 Å². The van der Waals surface area contributed by atoms with Gasteiger partial charge in [0.05, 0.1) is 10.7 Å². The molecule has 4 nitrogen and oxygen atoms in total. The summed E-state index contributed by atoms with van der Waals surface area (Å²) in [7, 11) is 0. The topological polar surface area (TPSA) is 54.5 Å². The van der Waals surface area contributed by atoms with Crippen LogP contribution in [0.5, 0.6) is 0 Å². The first kappa shape index (κ1) is 14.1. The summed E-state index contributed by atoms with van der Waals surface area (Å²) in [5, 5.41) is 11.4. The Morgan fingerprint density at radius 3 is 2.95 bits per heavy atom. The van der Waals surface area contributed by atoms with E-state index in [1.807, 2.05) is 6.92 Å². The minimum absolute atomic E-state index is 0.845. The van der Waals surface area contributed by atoms with E-state index in [1.54, 1.807) is 23.1 Å². The second-order valence-corrected chi connectivity index (χ2v) is 7.41. The van der Waals surface area contributed by atoms with Crippen LogP contribution in [0, 0.1) is 12.8 Å². The van der Waals surface area contributed by atoms with Gasteiger partial charge in [0.2, 0.25) is 5.16 Å². The van der Waals surface area contributed by atoms with Crippen molar-refractivity contribution in [2.75, 3.05) is 0 Å². The average molecular weight is 308 g/mol. The van der Waals surface area contributed by atoms with Gasteiger partial charge in [-0.3, -0.25) is 5.10 Å². The van der Waals surface area contributed by atoms with E-state index in [0.29, 0.717) is 0 Å². The van der Waals surface area contributed by atoms with Gasteiger partial charge in [-0.25, -0.2) is 9.97 Å². The van der Waals surface area contributed by atoms with Gasteiger partial charge >= 0.3 is 0 Å². The van der Waals surface area contributed by atoms with Gasteiger partial charge < -0.3 is 0 Å². The quantitative estimate of drug-likeness (QED) is 0.820. The van der Waals surface area contributed by atoms with Crippen molar-refractivity contribution in [2.45, 2.75) is 56.4 Å². The molecular weight excluding hydrogens is 288 g/mol. The highest BCUT2D eigenvalue weighted by Crippen LogP contribution is 2.28. The second kappa shape index (κ2) is 6.72. The van der Waals surface area contributed by atoms with E-state index in [1.165, 1.54) is 32.1 Å². The Balaban J connectivity index is 1.46. The molecule has 1 N–H and O–H groups in total. The highest BCUT2D eigenvalue weighted by atomic mass is 32.2. The van der Waals surface area contributed by atoms with Gasteiger partial charge in [0.25, 0.3) is 0 Å². The van der Waals surface area contributed by atoms with Gasteiger partial charge in [-0.1, -0.05) is 37.4 Å². The molecule has 108 valence electrons. The molecule has 6 heteroatoms. The Morgan fingerprint density at radius 2 is 2.20 bits per heavy atom. The zero-order valence-electron chi connectivity index (χ0n) is 11.8. The molecule has 2 aromatic heterocycles. The van der Waals surface area contributed by atoms with E-state index in [-0.39, 0.29) is 0 Å². The van der Waals surface area contributed by atoms with Crippen LogP contribution in [-0.4, -0.2) is 20.2 Å². The summed E-state index contributed by atoms with van der Waals surface area (Å²) < 4.78 is 0. The summed E-state index contributed by atoms with van der Waals surface area (Å²) in [4.78, 5) is 9.02. The molecule has 1 aliphatic carbocycles. The molecule has 2 aromatic rings. The van der Waals surface area contributed by atoms with Crippen molar-refractivity contribution < 1.29 is 0 Å². The first-order chi connectivity index (χ1) is 9.79. The standard InChI is InChI=1S/C14H20N4S2/c1-10-15-12(8-19-10)9-20-14-16-13(17-18-14)7-6-11-4-2-3-5-11/h8,11H,2-7,9H2,1H3,(H,16,17,18). The lowest BCUT2D eigenvalue weighted by Gasteiger charge is -2.05. The number of aryl methyl sites for hydroxylation is 2. The number of aromatic nitrogens is 4. The molecule has 3 rings (SSSR count). The highest BCUT2D eigenvalue weighted by Gasteiger charge is 2.15. The summed E-state index contributed by atoms with van der Waals surface area (Å²) in [6.07, 6.45) is 7.92. The number of nitrogens with one attached hydrogen (secondary N) is 1. The minimum atomic E-state index is 0.845. The van der Waals surface area contributed by atoms with Crippen LogP contribution in [0.25, 0.3) is 0 Å². The molecule has 0 aromatic carbocycles. The molecule has 20 heavy (non-hydrogen) atoms. The molecule has 0 aliphatic heterocycles. The lowest BCUT2D eigenvalue weighted by Crippen LogP contribution is -1.97. The first-order valence-electron chi connectivity index (χ1n) is 7.24. The zero-order chi connectivity index (χ0) is 13.8. The Kier molecular flexibility index (Phi) is 4.73. The third kappa shape index (κ3) is 3.82. The van der Waals surface area contributed by atoms with Crippen molar-refractivity contribution in [3.8, 4) is 0 Å². The van der Waals surface area contributed by atoms with E-state index in [4.69, 9.17) is 0 Å². The van der Waals surface area contributed by atoms with Crippen LogP contribution in [0.4, 0.5) is 0 Å². The highest BCUT2D eigenvalue weighted by molar-refractivity contribution is 7.98. The number of thioether (sulfide) groups is 1. The van der Waals surface area contributed by atoms with E-state index in [0.717, 1.165) is 39.8 Å². The molecule has 0 spiro atoms. The minimum Gasteiger partial charge on any atom is -0.262 e. The first-order valence-corrected chi connectivity index (χ1v) is 9.11. The van der Waals surface area contributed by atoms with Crippen LogP contribution in [-0.2, 0) is 12.2 Å². The van der Waals surface area contributed by atoms with Gasteiger partial charge in [-0.15, -0.1) is 16.4 Å². The third-order valence-electron chi connectivity index (χ3n) is 3.79. The second-order valence-electron chi connectivity index (χ2n) is 5.40. The molecule has 0 atom stereocenters. The summed E-state index contributed by atoms with van der Waals surface area (Å²) in [5.74, 6) is 2.80. The molecule has 1 aliphatic rings. The number of hydrogen-bond acceptors (Lipinski definition) is 5. The molecule has 1 saturated carbocycles. The fourth-order valence-corrected chi connectivity index (χ4v) is 4.13. The van der Waals surface area contributed by atoms with Crippen molar-refractivity contribution in [2.24, 2.45) is 5.92 Å². The van der Waals surface area contributed by atoms with Crippen LogP contribution >= 0.6 is 23.1 Å². The lowest BCUT2D eigenvalue weighted by molar-refractivity contribution is 0.497. The Hall–Kier alpha value is -0.880. The van der Waals surface area contributed by atoms with Crippen molar-refractivity contribution in [3.05, 3.63) is 21.9 Å². The smallest absolute Gasteiger partial charge is 0.208 e. The molecule has 0 amide bonds. The van der Waals surface area contributed by atoms with Gasteiger partial charge in [0, 0.05) is 17.6 Å². The summed E-state index contributed by atoms with van der Waals surface area (Å²) in [6, 6.07) is 0. The van der Waals surface area contributed by atoms with Crippen molar-refractivity contribution in [1.82, 2.24) is 20.2 Å². The largest absolute Gasteiger partial charge is 0.262 e. The molecule has 2 heterocycles. The summed E-state index contributed by atoms with van der Waals surface area (Å²) in [5.41, 5.74) is 1.12. The molecule has 0 unspecified atom stereocenters. The lowest BCUT2D eigenvalue weighted by atomic mass is 10.0. The molecule has 0 saturated heterocycles. The van der Waals surface area contributed by atoms with Crippen LogP contribution in [0.3, 0.4) is 0 Å². The zero-order valence-corrected chi connectivity index (χ0v) is 13.4. The Morgan fingerprint density at radius 1 is 1.35 bits per heavy atom. The third-order valence-corrected chi connectivity index (χ3v) is 5.49. The molecule has 0 radical (unpaired) electrons. The maximum absolute atomic E-state index is 4.56. The molecular formula is C14H20N4S2. The number of hydrogen-bond donors (Lipinski definition) is 1. The maximum Gasteiger partial charge on any atom is 0.208 e. The number of thiazole rings is 1. The monoisotopic (exact) mass is 308 g/mol.